The van der Waals surface area contributed by atoms with Gasteiger partial charge in [-0.05, 0) is 18.1 Å². The largest absolute Gasteiger partial charge is 0.399 e. The van der Waals surface area contributed by atoms with E-state index in [0.717, 1.165) is 36.0 Å². The highest BCUT2D eigenvalue weighted by Gasteiger charge is 2.20. The quantitative estimate of drug-likeness (QED) is 0.496. The van der Waals surface area contributed by atoms with Crippen molar-refractivity contribution in [1.29, 1.82) is 0 Å². The maximum Gasteiger partial charge on any atom is 0.163 e. The summed E-state index contributed by atoms with van der Waals surface area (Å²) in [6.45, 7) is 2.05. The molecule has 1 aromatic carbocycles. The van der Waals surface area contributed by atoms with Gasteiger partial charge < -0.3 is 5.73 Å². The van der Waals surface area contributed by atoms with Gasteiger partial charge in [-0.1, -0.05) is 18.4 Å². The van der Waals surface area contributed by atoms with Gasteiger partial charge in [-0.2, -0.15) is 0 Å². The number of hydrogen-bond donors (Lipinski definition) is 1. The number of aryl methyl sites for hydroxylation is 1. The maximum absolute atomic E-state index is 11.4. The van der Waals surface area contributed by atoms with Crippen molar-refractivity contribution in [2.45, 2.75) is 19.7 Å². The highest BCUT2D eigenvalue weighted by Crippen LogP contribution is 2.22. The SMILES string of the molecule is CBc1cc2c(cc1N)CCC2=O. The van der Waals surface area contributed by atoms with Crippen LogP contribution in [0.1, 0.15) is 22.3 Å². The van der Waals surface area contributed by atoms with Crippen LogP contribution >= 0.6 is 0 Å². The molecule has 1 aliphatic rings. The van der Waals surface area contributed by atoms with Crippen molar-refractivity contribution in [2.24, 2.45) is 0 Å². The lowest BCUT2D eigenvalue weighted by Crippen LogP contribution is -2.17. The number of nitrogen functional groups attached to an aromatic ring is 1. The standard InChI is InChI=1S/C10H12BNO/c1-11-8-5-7-6(4-9(8)12)2-3-10(7)13/h4-5,11H,2-3,12H2,1H3. The number of ketones is 1. The zero-order chi connectivity index (χ0) is 9.42. The fourth-order valence-corrected chi connectivity index (χ4v) is 1.86. The van der Waals surface area contributed by atoms with E-state index in [2.05, 4.69) is 6.82 Å². The van der Waals surface area contributed by atoms with E-state index in [4.69, 9.17) is 5.73 Å². The summed E-state index contributed by atoms with van der Waals surface area (Å²) < 4.78 is 0. The summed E-state index contributed by atoms with van der Waals surface area (Å²) in [5.74, 6) is 0.268. The summed E-state index contributed by atoms with van der Waals surface area (Å²) >= 11 is 0. The normalized spacial score (nSPS) is 14.4. The molecule has 1 aromatic rings. The lowest BCUT2D eigenvalue weighted by atomic mass is 9.71. The van der Waals surface area contributed by atoms with E-state index in [9.17, 15) is 4.79 Å². The van der Waals surface area contributed by atoms with Crippen LogP contribution in [-0.4, -0.2) is 13.1 Å². The Balaban J connectivity index is 2.57. The summed E-state index contributed by atoms with van der Waals surface area (Å²) in [7, 11) is 0.895. The zero-order valence-corrected chi connectivity index (χ0v) is 7.76. The number of fused-ring (bicyclic) bond motifs is 1. The highest BCUT2D eigenvalue weighted by molar-refractivity contribution is 6.54. The second kappa shape index (κ2) is 2.91. The number of nitrogens with two attached hydrogens (primary N) is 1. The minimum atomic E-state index is 0.268. The van der Waals surface area contributed by atoms with Crippen molar-refractivity contribution in [3.8, 4) is 0 Å². The maximum atomic E-state index is 11.4. The monoisotopic (exact) mass is 173 g/mol. The van der Waals surface area contributed by atoms with Gasteiger partial charge in [-0.15, -0.1) is 0 Å². The van der Waals surface area contributed by atoms with Gasteiger partial charge in [0.25, 0.3) is 0 Å². The fourth-order valence-electron chi connectivity index (χ4n) is 1.86. The smallest absolute Gasteiger partial charge is 0.163 e. The van der Waals surface area contributed by atoms with Crippen LogP contribution in [0.5, 0.6) is 0 Å². The van der Waals surface area contributed by atoms with Gasteiger partial charge in [0.1, 0.15) is 0 Å². The molecule has 66 valence electrons. The lowest BCUT2D eigenvalue weighted by molar-refractivity contribution is 0.0994. The van der Waals surface area contributed by atoms with Crippen molar-refractivity contribution in [1.82, 2.24) is 0 Å². The third kappa shape index (κ3) is 1.24. The Labute approximate surface area is 78.4 Å². The molecule has 0 radical (unpaired) electrons. The zero-order valence-electron chi connectivity index (χ0n) is 7.76. The highest BCUT2D eigenvalue weighted by atomic mass is 16.1. The number of rotatable bonds is 1. The second-order valence-electron chi connectivity index (χ2n) is 3.48. The van der Waals surface area contributed by atoms with E-state index in [-0.39, 0.29) is 5.78 Å². The van der Waals surface area contributed by atoms with Crippen LogP contribution in [0, 0.1) is 0 Å². The molecule has 0 fully saturated rings. The molecule has 0 heterocycles. The molecule has 13 heavy (non-hydrogen) atoms. The Kier molecular flexibility index (Phi) is 1.87. The topological polar surface area (TPSA) is 43.1 Å². The average Bonchev–Trinajstić information content (AvgIpc) is 2.46. The van der Waals surface area contributed by atoms with Gasteiger partial charge in [0, 0.05) is 17.7 Å². The third-order valence-corrected chi connectivity index (χ3v) is 2.67. The van der Waals surface area contributed by atoms with Crippen molar-refractivity contribution in [3.05, 3.63) is 23.3 Å². The second-order valence-corrected chi connectivity index (χ2v) is 3.48. The summed E-state index contributed by atoms with van der Waals surface area (Å²) in [5.41, 5.74) is 9.78. The molecule has 0 saturated heterocycles. The van der Waals surface area contributed by atoms with Crippen LogP contribution in [0.25, 0.3) is 0 Å². The number of anilines is 1. The average molecular weight is 173 g/mol. The van der Waals surface area contributed by atoms with Crippen LogP contribution in [0.3, 0.4) is 0 Å². The minimum absolute atomic E-state index is 0.268. The molecule has 2 rings (SSSR count). The third-order valence-electron chi connectivity index (χ3n) is 2.67. The summed E-state index contributed by atoms with van der Waals surface area (Å²) in [6.07, 6.45) is 1.52. The molecular weight excluding hydrogens is 161 g/mol. The van der Waals surface area contributed by atoms with Gasteiger partial charge in [-0.25, -0.2) is 0 Å². The molecule has 0 saturated carbocycles. The Bertz CT molecular complexity index is 373. The van der Waals surface area contributed by atoms with Crippen molar-refractivity contribution in [2.75, 3.05) is 5.73 Å². The predicted molar refractivity (Wildman–Crippen MR) is 56.2 cm³/mol. The van der Waals surface area contributed by atoms with Gasteiger partial charge in [0.05, 0.1) is 0 Å². The molecule has 1 aliphatic carbocycles. The van der Waals surface area contributed by atoms with E-state index in [0.29, 0.717) is 6.42 Å². The molecule has 0 aliphatic heterocycles. The number of hydrogen-bond acceptors (Lipinski definition) is 2. The number of carbonyl (C=O) groups excluding carboxylic acids is 1. The van der Waals surface area contributed by atoms with E-state index < -0.39 is 0 Å². The van der Waals surface area contributed by atoms with E-state index in [1.54, 1.807) is 0 Å². The van der Waals surface area contributed by atoms with E-state index in [1.165, 1.54) is 0 Å². The van der Waals surface area contributed by atoms with Crippen molar-refractivity contribution in [3.63, 3.8) is 0 Å². The van der Waals surface area contributed by atoms with Crippen molar-refractivity contribution >= 4 is 24.2 Å². The number of benzene rings is 1. The van der Waals surface area contributed by atoms with Crippen LogP contribution in [-0.2, 0) is 6.42 Å². The first-order valence-electron chi connectivity index (χ1n) is 4.67. The molecule has 0 amide bonds. The molecule has 0 aromatic heterocycles. The number of carbonyl (C=O) groups is 1. The fraction of sp³-hybridized carbons (Fsp3) is 0.300. The van der Waals surface area contributed by atoms with E-state index in [1.807, 2.05) is 12.1 Å². The first-order valence-corrected chi connectivity index (χ1v) is 4.67. The molecule has 2 N–H and O–H groups in total. The van der Waals surface area contributed by atoms with Crippen LogP contribution in [0.2, 0.25) is 6.82 Å². The number of Topliss-reactive ketones (excluding diaryl/α,β-unsaturated/α-hetero) is 1. The molecule has 2 nitrogen and oxygen atoms in total. The molecule has 0 atom stereocenters. The first-order chi connectivity index (χ1) is 6.22. The minimum Gasteiger partial charge on any atom is -0.399 e. The van der Waals surface area contributed by atoms with Crippen LogP contribution < -0.4 is 11.2 Å². The molecule has 3 heteroatoms. The van der Waals surface area contributed by atoms with Crippen LogP contribution in [0.15, 0.2) is 12.1 Å². The summed E-state index contributed by atoms with van der Waals surface area (Å²) in [5, 5.41) is 0. The Hall–Kier alpha value is -1.25. The van der Waals surface area contributed by atoms with Crippen LogP contribution in [0.4, 0.5) is 5.69 Å². The Morgan fingerprint density at radius 3 is 2.85 bits per heavy atom. The summed E-state index contributed by atoms with van der Waals surface area (Å²) in [6, 6.07) is 3.92. The van der Waals surface area contributed by atoms with Gasteiger partial charge in [0.2, 0.25) is 0 Å². The first kappa shape index (κ1) is 8.36. The Morgan fingerprint density at radius 1 is 1.38 bits per heavy atom. The van der Waals surface area contributed by atoms with E-state index >= 15 is 0 Å². The van der Waals surface area contributed by atoms with Gasteiger partial charge >= 0.3 is 0 Å². The predicted octanol–water partition coefficient (Wildman–Crippen LogP) is 0.508. The lowest BCUT2D eigenvalue weighted by Gasteiger charge is -2.05. The Morgan fingerprint density at radius 2 is 2.15 bits per heavy atom. The van der Waals surface area contributed by atoms with Crippen molar-refractivity contribution < 1.29 is 4.79 Å². The van der Waals surface area contributed by atoms with Gasteiger partial charge in [-0.3, -0.25) is 4.79 Å². The summed E-state index contributed by atoms with van der Waals surface area (Å²) in [4.78, 5) is 11.4. The molecular formula is C10H12BNO. The molecule has 0 unspecified atom stereocenters. The molecule has 0 spiro atoms. The van der Waals surface area contributed by atoms with Gasteiger partial charge in [0.15, 0.2) is 13.1 Å². The molecule has 0 bridgehead atoms.